The number of hydrogen-bond donors (Lipinski definition) is 1. The number of benzene rings is 1. The van der Waals surface area contributed by atoms with Gasteiger partial charge in [0, 0.05) is 16.7 Å². The summed E-state index contributed by atoms with van der Waals surface area (Å²) in [5.74, 6) is 0.195. The number of H-pyrrole nitrogens is 1. The number of aromatic amines is 1. The first-order valence-electron chi connectivity index (χ1n) is 7.46. The lowest BCUT2D eigenvalue weighted by Crippen LogP contribution is -2.11. The molecule has 0 spiro atoms. The van der Waals surface area contributed by atoms with E-state index in [2.05, 4.69) is 46.3 Å². The Morgan fingerprint density at radius 1 is 1.17 bits per heavy atom. The molecular weight excluding hydrogens is 327 g/mol. The fourth-order valence-corrected chi connectivity index (χ4v) is 3.14. The highest BCUT2D eigenvalue weighted by Gasteiger charge is 2.20. The number of rotatable bonds is 2. The molecule has 0 unspecified atom stereocenters. The van der Waals surface area contributed by atoms with E-state index in [9.17, 15) is 4.39 Å². The molecule has 3 heterocycles. The molecule has 24 heavy (non-hydrogen) atoms. The lowest BCUT2D eigenvalue weighted by molar-refractivity contribution is 0.567. The average molecular weight is 342 g/mol. The monoisotopic (exact) mass is 342 g/mol. The van der Waals surface area contributed by atoms with Gasteiger partial charge in [0.2, 0.25) is 4.96 Å². The van der Waals surface area contributed by atoms with Crippen molar-refractivity contribution in [1.29, 1.82) is 0 Å². The lowest BCUT2D eigenvalue weighted by Gasteiger charge is -2.14. The Balaban J connectivity index is 1.78. The summed E-state index contributed by atoms with van der Waals surface area (Å²) >= 11 is 1.40. The van der Waals surface area contributed by atoms with Crippen LogP contribution < -0.4 is 0 Å². The predicted octanol–water partition coefficient (Wildman–Crippen LogP) is 3.68. The zero-order chi connectivity index (χ0) is 16.9. The molecule has 0 amide bonds. The van der Waals surface area contributed by atoms with Gasteiger partial charge in [0.05, 0.1) is 0 Å². The molecule has 0 atom stereocenters. The molecule has 0 aliphatic rings. The van der Waals surface area contributed by atoms with Gasteiger partial charge in [0.15, 0.2) is 10.8 Å². The Bertz CT molecular complexity index is 1020. The van der Waals surface area contributed by atoms with E-state index in [1.165, 1.54) is 23.5 Å². The predicted molar refractivity (Wildman–Crippen MR) is 90.3 cm³/mol. The van der Waals surface area contributed by atoms with E-state index >= 15 is 0 Å². The van der Waals surface area contributed by atoms with Crippen molar-refractivity contribution in [2.24, 2.45) is 0 Å². The molecule has 0 aliphatic heterocycles. The topological polar surface area (TPSA) is 71.8 Å². The summed E-state index contributed by atoms with van der Waals surface area (Å²) in [6, 6.07) is 8.23. The zero-order valence-corrected chi connectivity index (χ0v) is 14.2. The SMILES string of the molecule is CC(C)(C)c1cc(-c2nn3c(-c4cccc(F)c4)nnc3s2)n[nH]1. The molecular formula is C16H15FN6S. The van der Waals surface area contributed by atoms with Gasteiger partial charge >= 0.3 is 0 Å². The second-order valence-corrected chi connectivity index (χ2v) is 7.51. The molecule has 0 aliphatic carbocycles. The first-order chi connectivity index (χ1) is 11.4. The molecule has 1 aromatic carbocycles. The van der Waals surface area contributed by atoms with E-state index in [0.29, 0.717) is 16.3 Å². The van der Waals surface area contributed by atoms with E-state index in [0.717, 1.165) is 16.4 Å². The first-order valence-corrected chi connectivity index (χ1v) is 8.28. The molecule has 3 aromatic heterocycles. The zero-order valence-electron chi connectivity index (χ0n) is 13.4. The van der Waals surface area contributed by atoms with Gasteiger partial charge in [-0.3, -0.25) is 5.10 Å². The summed E-state index contributed by atoms with van der Waals surface area (Å²) < 4.78 is 15.1. The summed E-state index contributed by atoms with van der Waals surface area (Å²) in [6.45, 7) is 6.35. The van der Waals surface area contributed by atoms with Crippen LogP contribution in [0.3, 0.4) is 0 Å². The van der Waals surface area contributed by atoms with Gasteiger partial charge in [-0.2, -0.15) is 14.7 Å². The molecule has 0 bridgehead atoms. The van der Waals surface area contributed by atoms with Crippen LogP contribution in [0.15, 0.2) is 30.3 Å². The second-order valence-electron chi connectivity index (χ2n) is 6.55. The average Bonchev–Trinajstić information content (AvgIpc) is 3.21. The first kappa shape index (κ1) is 14.9. The highest BCUT2D eigenvalue weighted by molar-refractivity contribution is 7.19. The van der Waals surface area contributed by atoms with Crippen molar-refractivity contribution in [3.05, 3.63) is 41.8 Å². The number of hydrogen-bond acceptors (Lipinski definition) is 5. The number of nitrogens with one attached hydrogen (secondary N) is 1. The van der Waals surface area contributed by atoms with E-state index in [1.54, 1.807) is 16.6 Å². The molecule has 0 saturated heterocycles. The second kappa shape index (κ2) is 5.20. The van der Waals surface area contributed by atoms with E-state index < -0.39 is 0 Å². The van der Waals surface area contributed by atoms with Crippen molar-refractivity contribution in [2.45, 2.75) is 26.2 Å². The third-order valence-corrected chi connectivity index (χ3v) is 4.60. The van der Waals surface area contributed by atoms with Crippen LogP contribution in [0.2, 0.25) is 0 Å². The van der Waals surface area contributed by atoms with Crippen LogP contribution in [-0.2, 0) is 5.41 Å². The van der Waals surface area contributed by atoms with Gasteiger partial charge in [-0.05, 0) is 18.2 Å². The molecule has 0 radical (unpaired) electrons. The van der Waals surface area contributed by atoms with Crippen LogP contribution in [0.4, 0.5) is 4.39 Å². The van der Waals surface area contributed by atoms with E-state index in [1.807, 2.05) is 6.07 Å². The molecule has 0 fully saturated rings. The standard InChI is InChI=1S/C16H15FN6S/c1-16(2,3)12-8-11(18-19-12)14-22-23-13(20-21-15(23)24-14)9-5-4-6-10(17)7-9/h4-8H,1-3H3,(H,18,19). The summed E-state index contributed by atoms with van der Waals surface area (Å²) in [4.78, 5) is 0.643. The summed E-state index contributed by atoms with van der Waals surface area (Å²) in [7, 11) is 0. The Labute approximate surface area is 141 Å². The summed E-state index contributed by atoms with van der Waals surface area (Å²) in [5.41, 5.74) is 2.42. The fraction of sp³-hybridized carbons (Fsp3) is 0.250. The highest BCUT2D eigenvalue weighted by atomic mass is 32.1. The van der Waals surface area contributed by atoms with E-state index in [-0.39, 0.29) is 11.2 Å². The molecule has 0 saturated carbocycles. The van der Waals surface area contributed by atoms with Crippen molar-refractivity contribution >= 4 is 16.3 Å². The Kier molecular flexibility index (Phi) is 3.24. The molecule has 1 N–H and O–H groups in total. The van der Waals surface area contributed by atoms with Crippen LogP contribution in [0.25, 0.3) is 27.1 Å². The van der Waals surface area contributed by atoms with Crippen LogP contribution in [0.1, 0.15) is 26.5 Å². The van der Waals surface area contributed by atoms with Crippen molar-refractivity contribution in [3.8, 4) is 22.1 Å². The van der Waals surface area contributed by atoms with Gasteiger partial charge in [0.25, 0.3) is 0 Å². The molecule has 4 aromatic rings. The highest BCUT2D eigenvalue weighted by Crippen LogP contribution is 2.29. The maximum Gasteiger partial charge on any atom is 0.235 e. The minimum Gasteiger partial charge on any atom is -0.281 e. The van der Waals surface area contributed by atoms with Crippen LogP contribution in [0, 0.1) is 5.82 Å². The smallest absolute Gasteiger partial charge is 0.235 e. The summed E-state index contributed by atoms with van der Waals surface area (Å²) in [6.07, 6.45) is 0. The molecule has 122 valence electrons. The summed E-state index contributed by atoms with van der Waals surface area (Å²) in [5, 5.41) is 20.9. The van der Waals surface area contributed by atoms with Crippen molar-refractivity contribution in [3.63, 3.8) is 0 Å². The van der Waals surface area contributed by atoms with Crippen LogP contribution in [0.5, 0.6) is 0 Å². The number of fused-ring (bicyclic) bond motifs is 1. The maximum absolute atomic E-state index is 13.5. The third-order valence-electron chi connectivity index (χ3n) is 3.68. The van der Waals surface area contributed by atoms with Gasteiger partial charge in [-0.25, -0.2) is 4.39 Å². The minimum absolute atomic E-state index is 0.0169. The van der Waals surface area contributed by atoms with Crippen molar-refractivity contribution < 1.29 is 4.39 Å². The van der Waals surface area contributed by atoms with Gasteiger partial charge < -0.3 is 0 Å². The number of aromatic nitrogens is 6. The van der Waals surface area contributed by atoms with Gasteiger partial charge in [-0.15, -0.1) is 10.2 Å². The Morgan fingerprint density at radius 3 is 2.71 bits per heavy atom. The van der Waals surface area contributed by atoms with Crippen LogP contribution >= 0.6 is 11.3 Å². The fourth-order valence-electron chi connectivity index (χ4n) is 2.34. The van der Waals surface area contributed by atoms with Gasteiger partial charge in [0.1, 0.15) is 11.5 Å². The van der Waals surface area contributed by atoms with Crippen LogP contribution in [-0.4, -0.2) is 30.0 Å². The minimum atomic E-state index is -0.318. The van der Waals surface area contributed by atoms with Crippen molar-refractivity contribution in [1.82, 2.24) is 30.0 Å². The normalized spacial score (nSPS) is 12.2. The number of nitrogens with zero attached hydrogens (tertiary/aromatic N) is 5. The lowest BCUT2D eigenvalue weighted by atomic mass is 9.92. The number of halogens is 1. The Morgan fingerprint density at radius 2 is 2.00 bits per heavy atom. The van der Waals surface area contributed by atoms with Gasteiger partial charge in [-0.1, -0.05) is 44.2 Å². The third kappa shape index (κ3) is 2.48. The molecule has 6 nitrogen and oxygen atoms in total. The van der Waals surface area contributed by atoms with Crippen molar-refractivity contribution in [2.75, 3.05) is 0 Å². The van der Waals surface area contributed by atoms with E-state index in [4.69, 9.17) is 0 Å². The Hall–Kier alpha value is -2.61. The maximum atomic E-state index is 13.5. The molecule has 4 rings (SSSR count). The molecule has 8 heteroatoms. The quantitative estimate of drug-likeness (QED) is 0.603. The largest absolute Gasteiger partial charge is 0.281 e.